The number of hydrogen-bond acceptors (Lipinski definition) is 5. The molecule has 1 unspecified atom stereocenters. The van der Waals surface area contributed by atoms with Gasteiger partial charge in [0, 0.05) is 44.9 Å². The second-order valence-corrected chi connectivity index (χ2v) is 6.83. The van der Waals surface area contributed by atoms with Crippen LogP contribution in [-0.4, -0.2) is 59.0 Å². The fraction of sp³-hybridized carbons (Fsp3) is 0.588. The van der Waals surface area contributed by atoms with Gasteiger partial charge in [0.2, 0.25) is 5.91 Å². The van der Waals surface area contributed by atoms with E-state index in [1.165, 1.54) is 0 Å². The number of rotatable bonds is 4. The highest BCUT2D eigenvalue weighted by Crippen LogP contribution is 2.30. The summed E-state index contributed by atoms with van der Waals surface area (Å²) in [5, 5.41) is 6.98. The van der Waals surface area contributed by atoms with E-state index in [0.717, 1.165) is 17.8 Å². The second kappa shape index (κ2) is 6.59. The van der Waals surface area contributed by atoms with Crippen molar-refractivity contribution in [2.45, 2.75) is 24.9 Å². The van der Waals surface area contributed by atoms with Crippen LogP contribution in [0.25, 0.3) is 5.52 Å². The fourth-order valence-corrected chi connectivity index (χ4v) is 3.51. The predicted octanol–water partition coefficient (Wildman–Crippen LogP) is 1.19. The molecular weight excluding hydrogens is 325 g/mol. The van der Waals surface area contributed by atoms with E-state index in [0.29, 0.717) is 39.1 Å². The number of anilines is 1. The van der Waals surface area contributed by atoms with Gasteiger partial charge < -0.3 is 15.0 Å². The van der Waals surface area contributed by atoms with Crippen LogP contribution in [0.3, 0.4) is 0 Å². The molecule has 8 heteroatoms. The van der Waals surface area contributed by atoms with Gasteiger partial charge in [-0.3, -0.25) is 4.79 Å². The van der Waals surface area contributed by atoms with Crippen LogP contribution >= 0.6 is 0 Å². The SMILES string of the molecule is O=C(NCC1(F)CCN(c2nccn3nccc23)CC1)C1CCOC1. The number of nitrogens with zero attached hydrogens (tertiary/aromatic N) is 4. The summed E-state index contributed by atoms with van der Waals surface area (Å²) in [6.45, 7) is 2.26. The summed E-state index contributed by atoms with van der Waals surface area (Å²) < 4.78 is 22.0. The Morgan fingerprint density at radius 1 is 1.40 bits per heavy atom. The van der Waals surface area contributed by atoms with Crippen molar-refractivity contribution in [1.29, 1.82) is 0 Å². The maximum Gasteiger partial charge on any atom is 0.225 e. The van der Waals surface area contributed by atoms with E-state index in [1.54, 1.807) is 23.1 Å². The van der Waals surface area contributed by atoms with E-state index >= 15 is 4.39 Å². The van der Waals surface area contributed by atoms with Gasteiger partial charge in [-0.1, -0.05) is 0 Å². The van der Waals surface area contributed by atoms with Gasteiger partial charge in [0.05, 0.1) is 25.3 Å². The van der Waals surface area contributed by atoms with Crippen LogP contribution in [0.1, 0.15) is 19.3 Å². The van der Waals surface area contributed by atoms with E-state index in [-0.39, 0.29) is 18.4 Å². The summed E-state index contributed by atoms with van der Waals surface area (Å²) >= 11 is 0. The smallest absolute Gasteiger partial charge is 0.225 e. The fourth-order valence-electron chi connectivity index (χ4n) is 3.51. The highest BCUT2D eigenvalue weighted by atomic mass is 19.1. The molecule has 2 aromatic heterocycles. The Morgan fingerprint density at radius 2 is 2.24 bits per heavy atom. The van der Waals surface area contributed by atoms with Gasteiger partial charge >= 0.3 is 0 Å². The summed E-state index contributed by atoms with van der Waals surface area (Å²) in [6, 6.07) is 1.91. The molecule has 0 spiro atoms. The number of piperidine rings is 1. The lowest BCUT2D eigenvalue weighted by atomic mass is 9.93. The molecule has 134 valence electrons. The van der Waals surface area contributed by atoms with Crippen LogP contribution in [0.15, 0.2) is 24.7 Å². The molecule has 2 saturated heterocycles. The molecule has 0 aromatic carbocycles. The maximum absolute atomic E-state index is 15.1. The van der Waals surface area contributed by atoms with Crippen molar-refractivity contribution in [2.75, 3.05) is 37.7 Å². The topological polar surface area (TPSA) is 71.8 Å². The van der Waals surface area contributed by atoms with Gasteiger partial charge in [0.1, 0.15) is 11.2 Å². The Hall–Kier alpha value is -2.22. The van der Waals surface area contributed by atoms with Crippen LogP contribution in [0.2, 0.25) is 0 Å². The Labute approximate surface area is 145 Å². The maximum atomic E-state index is 15.1. The van der Waals surface area contributed by atoms with Gasteiger partial charge in [-0.15, -0.1) is 0 Å². The number of aromatic nitrogens is 3. The third-order valence-electron chi connectivity index (χ3n) is 5.14. The lowest BCUT2D eigenvalue weighted by Gasteiger charge is -2.37. The summed E-state index contributed by atoms with van der Waals surface area (Å²) in [7, 11) is 0. The van der Waals surface area contributed by atoms with Crippen molar-refractivity contribution >= 4 is 17.2 Å². The Balaban J connectivity index is 1.35. The third kappa shape index (κ3) is 3.30. The second-order valence-electron chi connectivity index (χ2n) is 6.83. The monoisotopic (exact) mass is 347 g/mol. The molecule has 1 N–H and O–H groups in total. The number of carbonyl (C=O) groups excluding carboxylic acids is 1. The number of alkyl halides is 1. The molecule has 2 aromatic rings. The first-order valence-electron chi connectivity index (χ1n) is 8.72. The first kappa shape index (κ1) is 16.3. The molecule has 1 atom stereocenters. The minimum Gasteiger partial charge on any atom is -0.381 e. The lowest BCUT2D eigenvalue weighted by molar-refractivity contribution is -0.125. The van der Waals surface area contributed by atoms with E-state index in [4.69, 9.17) is 4.74 Å². The highest BCUT2D eigenvalue weighted by Gasteiger charge is 2.36. The van der Waals surface area contributed by atoms with Gasteiger partial charge in [0.25, 0.3) is 0 Å². The number of fused-ring (bicyclic) bond motifs is 1. The van der Waals surface area contributed by atoms with Gasteiger partial charge in [-0.25, -0.2) is 13.9 Å². The quantitative estimate of drug-likeness (QED) is 0.900. The van der Waals surface area contributed by atoms with E-state index < -0.39 is 5.67 Å². The average molecular weight is 347 g/mol. The molecule has 2 fully saturated rings. The van der Waals surface area contributed by atoms with Crippen LogP contribution < -0.4 is 10.2 Å². The summed E-state index contributed by atoms with van der Waals surface area (Å²) in [4.78, 5) is 18.6. The number of hydrogen-bond donors (Lipinski definition) is 1. The first-order valence-corrected chi connectivity index (χ1v) is 8.72. The van der Waals surface area contributed by atoms with Crippen LogP contribution in [0.5, 0.6) is 0 Å². The number of nitrogens with one attached hydrogen (secondary N) is 1. The van der Waals surface area contributed by atoms with Crippen molar-refractivity contribution in [1.82, 2.24) is 19.9 Å². The van der Waals surface area contributed by atoms with Crippen LogP contribution in [0, 0.1) is 5.92 Å². The molecule has 1 amide bonds. The predicted molar refractivity (Wildman–Crippen MR) is 90.2 cm³/mol. The van der Waals surface area contributed by atoms with Crippen molar-refractivity contribution in [3.8, 4) is 0 Å². The molecule has 7 nitrogen and oxygen atoms in total. The summed E-state index contributed by atoms with van der Waals surface area (Å²) in [5.41, 5.74) is -0.444. The standard InChI is InChI=1S/C17H22FN5O2/c18-17(12-20-16(24)13-2-10-25-11-13)3-7-22(8-4-17)15-14-1-5-21-23(14)9-6-19-15/h1,5-6,9,13H,2-4,7-8,10-12H2,(H,20,24). The molecule has 2 aliphatic rings. The van der Waals surface area contributed by atoms with Crippen molar-refractivity contribution in [3.05, 3.63) is 24.7 Å². The van der Waals surface area contributed by atoms with Crippen molar-refractivity contribution < 1.29 is 13.9 Å². The molecule has 4 rings (SSSR count). The number of halogens is 1. The normalized spacial score (nSPS) is 23.1. The summed E-state index contributed by atoms with van der Waals surface area (Å²) in [6.07, 6.45) is 6.68. The first-order chi connectivity index (χ1) is 12.1. The largest absolute Gasteiger partial charge is 0.381 e. The minimum atomic E-state index is -1.36. The van der Waals surface area contributed by atoms with Crippen molar-refractivity contribution in [2.24, 2.45) is 5.92 Å². The number of amides is 1. The molecule has 25 heavy (non-hydrogen) atoms. The van der Waals surface area contributed by atoms with Gasteiger partial charge in [0.15, 0.2) is 5.82 Å². The molecule has 4 heterocycles. The molecule has 0 radical (unpaired) electrons. The lowest BCUT2D eigenvalue weighted by Crippen LogP contribution is -2.49. The Kier molecular flexibility index (Phi) is 4.29. The van der Waals surface area contributed by atoms with Crippen molar-refractivity contribution in [3.63, 3.8) is 0 Å². The zero-order valence-corrected chi connectivity index (χ0v) is 14.0. The van der Waals surface area contributed by atoms with E-state index in [1.807, 2.05) is 6.07 Å². The van der Waals surface area contributed by atoms with E-state index in [9.17, 15) is 4.79 Å². The zero-order chi connectivity index (χ0) is 17.3. The number of carbonyl (C=O) groups is 1. The highest BCUT2D eigenvalue weighted by molar-refractivity contribution is 5.79. The summed E-state index contributed by atoms with van der Waals surface area (Å²) in [5.74, 6) is 0.601. The van der Waals surface area contributed by atoms with E-state index in [2.05, 4.69) is 20.3 Å². The van der Waals surface area contributed by atoms with Gasteiger partial charge in [-0.05, 0) is 12.5 Å². The molecule has 0 aliphatic carbocycles. The Bertz CT molecular complexity index is 750. The van der Waals surface area contributed by atoms with Crippen LogP contribution in [0.4, 0.5) is 10.2 Å². The third-order valence-corrected chi connectivity index (χ3v) is 5.14. The minimum absolute atomic E-state index is 0.0699. The average Bonchev–Trinajstić information content (AvgIpc) is 3.31. The van der Waals surface area contributed by atoms with Crippen LogP contribution in [-0.2, 0) is 9.53 Å². The molecule has 0 bridgehead atoms. The molecule has 0 saturated carbocycles. The molecular formula is C17H22FN5O2. The van der Waals surface area contributed by atoms with Gasteiger partial charge in [-0.2, -0.15) is 5.10 Å². The zero-order valence-electron chi connectivity index (χ0n) is 14.0. The Morgan fingerprint density at radius 3 is 3.00 bits per heavy atom. The molecule has 2 aliphatic heterocycles. The number of ether oxygens (including phenoxy) is 1.